The number of methoxy groups -OCH3 is 1. The van der Waals surface area contributed by atoms with Crippen molar-refractivity contribution in [3.63, 3.8) is 0 Å². The van der Waals surface area contributed by atoms with E-state index in [1.165, 1.54) is 13.2 Å². The molecule has 1 rings (SSSR count). The summed E-state index contributed by atoms with van der Waals surface area (Å²) < 4.78 is 10.3. The van der Waals surface area contributed by atoms with Gasteiger partial charge in [-0.1, -0.05) is 25.1 Å². The van der Waals surface area contributed by atoms with Gasteiger partial charge >= 0.3 is 5.97 Å². The summed E-state index contributed by atoms with van der Waals surface area (Å²) in [5.74, 6) is 0.408. The molecule has 1 unspecified atom stereocenters. The third kappa shape index (κ3) is 4.31. The van der Waals surface area contributed by atoms with Crippen LogP contribution in [0.5, 0.6) is 5.75 Å². The average molecular weight is 234 g/mol. The molecule has 0 spiro atoms. The van der Waals surface area contributed by atoms with Crippen LogP contribution in [0.2, 0.25) is 0 Å². The van der Waals surface area contributed by atoms with Crippen LogP contribution in [0.15, 0.2) is 30.3 Å². The maximum Gasteiger partial charge on any atom is 0.330 e. The third-order valence-corrected chi connectivity index (χ3v) is 2.42. The van der Waals surface area contributed by atoms with Crippen molar-refractivity contribution in [1.82, 2.24) is 0 Å². The molecule has 0 N–H and O–H groups in total. The molecule has 0 aliphatic rings. The number of rotatable bonds is 5. The van der Waals surface area contributed by atoms with Gasteiger partial charge in [-0.3, -0.25) is 0 Å². The van der Waals surface area contributed by atoms with Gasteiger partial charge in [-0.05, 0) is 25.5 Å². The Bertz CT molecular complexity index is 396. The van der Waals surface area contributed by atoms with Gasteiger partial charge in [-0.2, -0.15) is 0 Å². The molecule has 0 bridgehead atoms. The van der Waals surface area contributed by atoms with Crippen molar-refractivity contribution in [1.29, 1.82) is 0 Å². The number of carbonyl (C=O) groups is 1. The maximum absolute atomic E-state index is 11.0. The molecule has 0 radical (unpaired) electrons. The Balaban J connectivity index is 2.84. The fourth-order valence-corrected chi connectivity index (χ4v) is 1.25. The first-order valence-electron chi connectivity index (χ1n) is 5.69. The minimum absolute atomic E-state index is 0.155. The lowest BCUT2D eigenvalue weighted by atomic mass is 10.2. The normalized spacial score (nSPS) is 12.4. The highest BCUT2D eigenvalue weighted by Gasteiger charge is 2.04. The molecule has 3 heteroatoms. The number of carbonyl (C=O) groups excluding carboxylic acids is 1. The summed E-state index contributed by atoms with van der Waals surface area (Å²) in [5.41, 5.74) is 0.873. The first-order valence-corrected chi connectivity index (χ1v) is 5.69. The lowest BCUT2D eigenvalue weighted by molar-refractivity contribution is -0.134. The topological polar surface area (TPSA) is 35.5 Å². The maximum atomic E-state index is 11.0. The van der Waals surface area contributed by atoms with E-state index in [0.29, 0.717) is 0 Å². The van der Waals surface area contributed by atoms with Gasteiger partial charge in [0.1, 0.15) is 5.75 Å². The number of para-hydroxylation sites is 1. The highest BCUT2D eigenvalue weighted by molar-refractivity contribution is 5.87. The molecule has 0 aliphatic heterocycles. The molecule has 0 aromatic heterocycles. The summed E-state index contributed by atoms with van der Waals surface area (Å²) in [7, 11) is 1.36. The van der Waals surface area contributed by atoms with E-state index < -0.39 is 0 Å². The van der Waals surface area contributed by atoms with E-state index in [2.05, 4.69) is 11.7 Å². The Kier molecular flexibility index (Phi) is 5.27. The molecule has 0 aliphatic carbocycles. The van der Waals surface area contributed by atoms with Crippen LogP contribution >= 0.6 is 0 Å². The van der Waals surface area contributed by atoms with E-state index in [4.69, 9.17) is 4.74 Å². The minimum atomic E-state index is -0.372. The molecule has 92 valence electrons. The fraction of sp³-hybridized carbons (Fsp3) is 0.357. The monoisotopic (exact) mass is 234 g/mol. The summed E-state index contributed by atoms with van der Waals surface area (Å²) >= 11 is 0. The smallest absolute Gasteiger partial charge is 0.330 e. The average Bonchev–Trinajstić information content (AvgIpc) is 2.37. The van der Waals surface area contributed by atoms with Crippen LogP contribution in [0.3, 0.4) is 0 Å². The molecule has 0 fully saturated rings. The Morgan fingerprint density at radius 2 is 2.12 bits per heavy atom. The second-order valence-corrected chi connectivity index (χ2v) is 3.73. The Hall–Kier alpha value is -1.77. The first kappa shape index (κ1) is 13.3. The molecule has 1 atom stereocenters. The minimum Gasteiger partial charge on any atom is -0.490 e. The highest BCUT2D eigenvalue weighted by Crippen LogP contribution is 2.21. The summed E-state index contributed by atoms with van der Waals surface area (Å²) in [6, 6.07) is 7.61. The van der Waals surface area contributed by atoms with Gasteiger partial charge in [0.05, 0.1) is 13.2 Å². The van der Waals surface area contributed by atoms with Gasteiger partial charge in [0.2, 0.25) is 0 Å². The summed E-state index contributed by atoms with van der Waals surface area (Å²) in [4.78, 5) is 11.0. The van der Waals surface area contributed by atoms with Crippen LogP contribution in [0.1, 0.15) is 25.8 Å². The van der Waals surface area contributed by atoms with E-state index in [9.17, 15) is 4.79 Å². The summed E-state index contributed by atoms with van der Waals surface area (Å²) in [6.45, 7) is 4.08. The number of ether oxygens (including phenoxy) is 2. The Morgan fingerprint density at radius 1 is 1.41 bits per heavy atom. The zero-order chi connectivity index (χ0) is 12.7. The van der Waals surface area contributed by atoms with Crippen molar-refractivity contribution in [3.8, 4) is 5.75 Å². The predicted octanol–water partition coefficient (Wildman–Crippen LogP) is 3.05. The molecule has 0 heterocycles. The van der Waals surface area contributed by atoms with Gasteiger partial charge < -0.3 is 9.47 Å². The number of esters is 1. The Labute approximate surface area is 102 Å². The molecule has 1 aromatic carbocycles. The fourth-order valence-electron chi connectivity index (χ4n) is 1.25. The second kappa shape index (κ2) is 6.74. The van der Waals surface area contributed by atoms with Crippen LogP contribution in [-0.2, 0) is 9.53 Å². The van der Waals surface area contributed by atoms with E-state index in [-0.39, 0.29) is 12.1 Å². The van der Waals surface area contributed by atoms with Crippen LogP contribution in [0.4, 0.5) is 0 Å². The summed E-state index contributed by atoms with van der Waals surface area (Å²) in [5, 5.41) is 0. The van der Waals surface area contributed by atoms with E-state index in [1.54, 1.807) is 6.08 Å². The Morgan fingerprint density at radius 3 is 2.76 bits per heavy atom. The first-order chi connectivity index (χ1) is 8.17. The SMILES string of the molecule is CCC(C)Oc1ccccc1C=CC(=O)OC. The predicted molar refractivity (Wildman–Crippen MR) is 67.9 cm³/mol. The van der Waals surface area contributed by atoms with Gasteiger partial charge in [0, 0.05) is 11.6 Å². The second-order valence-electron chi connectivity index (χ2n) is 3.73. The molecule has 0 saturated carbocycles. The molecule has 17 heavy (non-hydrogen) atoms. The van der Waals surface area contributed by atoms with Crippen LogP contribution < -0.4 is 4.74 Å². The standard InChI is InChI=1S/C14H18O3/c1-4-11(2)17-13-8-6-5-7-12(13)9-10-14(15)16-3/h5-11H,4H2,1-3H3. The zero-order valence-electron chi connectivity index (χ0n) is 10.5. The lowest BCUT2D eigenvalue weighted by Crippen LogP contribution is -2.10. The van der Waals surface area contributed by atoms with Crippen molar-refractivity contribution in [2.24, 2.45) is 0 Å². The summed E-state index contributed by atoms with van der Waals surface area (Å²) in [6.07, 6.45) is 4.18. The number of benzene rings is 1. The molecule has 0 amide bonds. The van der Waals surface area contributed by atoms with Crippen LogP contribution in [-0.4, -0.2) is 19.2 Å². The molecular formula is C14H18O3. The molecular weight excluding hydrogens is 216 g/mol. The number of hydrogen-bond donors (Lipinski definition) is 0. The van der Waals surface area contributed by atoms with Crippen molar-refractivity contribution in [3.05, 3.63) is 35.9 Å². The highest BCUT2D eigenvalue weighted by atomic mass is 16.5. The lowest BCUT2D eigenvalue weighted by Gasteiger charge is -2.14. The van der Waals surface area contributed by atoms with Crippen molar-refractivity contribution in [2.75, 3.05) is 7.11 Å². The molecule has 3 nitrogen and oxygen atoms in total. The molecule has 1 aromatic rings. The van der Waals surface area contributed by atoms with Crippen molar-refractivity contribution in [2.45, 2.75) is 26.4 Å². The van der Waals surface area contributed by atoms with Gasteiger partial charge in [-0.15, -0.1) is 0 Å². The van der Waals surface area contributed by atoms with E-state index in [0.717, 1.165) is 17.7 Å². The van der Waals surface area contributed by atoms with Crippen LogP contribution in [0, 0.1) is 0 Å². The van der Waals surface area contributed by atoms with Crippen molar-refractivity contribution < 1.29 is 14.3 Å². The quantitative estimate of drug-likeness (QED) is 0.580. The van der Waals surface area contributed by atoms with Gasteiger partial charge in [-0.25, -0.2) is 4.79 Å². The van der Waals surface area contributed by atoms with Crippen molar-refractivity contribution >= 4 is 12.0 Å². The van der Waals surface area contributed by atoms with Gasteiger partial charge in [0.25, 0.3) is 0 Å². The third-order valence-electron chi connectivity index (χ3n) is 2.42. The van der Waals surface area contributed by atoms with E-state index >= 15 is 0 Å². The zero-order valence-corrected chi connectivity index (χ0v) is 10.5. The largest absolute Gasteiger partial charge is 0.490 e. The van der Waals surface area contributed by atoms with Crippen LogP contribution in [0.25, 0.3) is 6.08 Å². The molecule has 0 saturated heterocycles. The van der Waals surface area contributed by atoms with E-state index in [1.807, 2.05) is 31.2 Å². The number of hydrogen-bond acceptors (Lipinski definition) is 3. The van der Waals surface area contributed by atoms with Gasteiger partial charge in [0.15, 0.2) is 0 Å².